The van der Waals surface area contributed by atoms with Crippen molar-refractivity contribution in [1.82, 2.24) is 5.59 Å². The van der Waals surface area contributed by atoms with Crippen molar-refractivity contribution >= 4 is 11.7 Å². The van der Waals surface area contributed by atoms with E-state index in [2.05, 4.69) is 4.84 Å². The summed E-state index contributed by atoms with van der Waals surface area (Å²) in [5, 5.41) is 10.5. The number of carbonyl (C=O) groups excluding carboxylic acids is 1. The topological polar surface area (TPSA) is 117 Å². The van der Waals surface area contributed by atoms with Crippen LogP contribution in [0.3, 0.4) is 0 Å². The standard InChI is InChI=1S/C9H11N3O5/c10-11-17-9(13)4-5-16-8-3-1-2-7(6-8)12(14)15/h1-3,6,11H,4-5,10H2. The maximum atomic E-state index is 10.9. The first-order valence-electron chi connectivity index (χ1n) is 4.66. The molecule has 0 atom stereocenters. The number of nitrogens with zero attached hydrogens (tertiary/aromatic N) is 1. The zero-order chi connectivity index (χ0) is 12.7. The van der Waals surface area contributed by atoms with E-state index in [-0.39, 0.29) is 18.7 Å². The highest BCUT2D eigenvalue weighted by molar-refractivity contribution is 5.69. The molecule has 0 heterocycles. The van der Waals surface area contributed by atoms with Crippen LogP contribution in [0.25, 0.3) is 0 Å². The van der Waals surface area contributed by atoms with Crippen LogP contribution in [0.15, 0.2) is 24.3 Å². The number of non-ortho nitro benzene ring substituents is 1. The molecule has 0 aliphatic heterocycles. The summed E-state index contributed by atoms with van der Waals surface area (Å²) >= 11 is 0. The minimum atomic E-state index is -0.585. The molecule has 0 saturated carbocycles. The number of nitrogens with two attached hydrogens (primary N) is 1. The van der Waals surface area contributed by atoms with E-state index in [1.54, 1.807) is 11.7 Å². The molecule has 0 bridgehead atoms. The van der Waals surface area contributed by atoms with Crippen molar-refractivity contribution in [2.45, 2.75) is 6.42 Å². The molecule has 3 N–H and O–H groups in total. The lowest BCUT2D eigenvalue weighted by atomic mass is 10.3. The summed E-state index contributed by atoms with van der Waals surface area (Å²) in [7, 11) is 0. The number of benzene rings is 1. The van der Waals surface area contributed by atoms with Crippen LogP contribution in [0.4, 0.5) is 5.69 Å². The normalized spacial score (nSPS) is 9.71. The first-order valence-corrected chi connectivity index (χ1v) is 4.66. The Kier molecular flexibility index (Phi) is 4.85. The van der Waals surface area contributed by atoms with Crippen molar-refractivity contribution in [3.63, 3.8) is 0 Å². The number of nitrogens with one attached hydrogen (secondary N) is 1. The molecule has 0 fully saturated rings. The van der Waals surface area contributed by atoms with Gasteiger partial charge >= 0.3 is 5.97 Å². The zero-order valence-corrected chi connectivity index (χ0v) is 8.79. The molecule has 1 rings (SSSR count). The first-order chi connectivity index (χ1) is 8.13. The van der Waals surface area contributed by atoms with Gasteiger partial charge in [0.25, 0.3) is 5.69 Å². The maximum absolute atomic E-state index is 10.9. The van der Waals surface area contributed by atoms with Crippen molar-refractivity contribution in [3.05, 3.63) is 34.4 Å². The van der Waals surface area contributed by atoms with E-state index >= 15 is 0 Å². The van der Waals surface area contributed by atoms with Crippen LogP contribution in [0, 0.1) is 10.1 Å². The maximum Gasteiger partial charge on any atom is 0.329 e. The fraction of sp³-hybridized carbons (Fsp3) is 0.222. The Hall–Kier alpha value is -2.19. The van der Waals surface area contributed by atoms with Crippen LogP contribution in [0.1, 0.15) is 6.42 Å². The van der Waals surface area contributed by atoms with Gasteiger partial charge in [-0.25, -0.2) is 5.84 Å². The van der Waals surface area contributed by atoms with Gasteiger partial charge in [-0.05, 0) is 6.07 Å². The van der Waals surface area contributed by atoms with Gasteiger partial charge in [0, 0.05) is 6.07 Å². The van der Waals surface area contributed by atoms with Gasteiger partial charge in [0.1, 0.15) is 5.75 Å². The third-order valence-corrected chi connectivity index (χ3v) is 1.78. The number of hydrogen-bond acceptors (Lipinski definition) is 7. The average molecular weight is 241 g/mol. The Morgan fingerprint density at radius 2 is 2.29 bits per heavy atom. The highest BCUT2D eigenvalue weighted by atomic mass is 16.7. The van der Waals surface area contributed by atoms with E-state index in [4.69, 9.17) is 10.6 Å². The zero-order valence-electron chi connectivity index (χ0n) is 8.79. The molecule has 8 nitrogen and oxygen atoms in total. The molecule has 0 aliphatic carbocycles. The van der Waals surface area contributed by atoms with Crippen LogP contribution in [0.5, 0.6) is 5.75 Å². The van der Waals surface area contributed by atoms with E-state index in [1.165, 1.54) is 18.2 Å². The highest BCUT2D eigenvalue weighted by Gasteiger charge is 2.07. The molecule has 17 heavy (non-hydrogen) atoms. The summed E-state index contributed by atoms with van der Waals surface area (Å²) in [5.41, 5.74) is 1.67. The van der Waals surface area contributed by atoms with Crippen LogP contribution < -0.4 is 16.2 Å². The third kappa shape index (κ3) is 4.45. The molecule has 0 aromatic heterocycles. The molecule has 0 saturated heterocycles. The van der Waals surface area contributed by atoms with Crippen molar-refractivity contribution in [2.24, 2.45) is 5.84 Å². The summed E-state index contributed by atoms with van der Waals surface area (Å²) in [5.74, 6) is 4.48. The smallest absolute Gasteiger partial charge is 0.329 e. The minimum Gasteiger partial charge on any atom is -0.493 e. The fourth-order valence-electron chi connectivity index (χ4n) is 1.06. The van der Waals surface area contributed by atoms with Gasteiger partial charge in [-0.15, -0.1) is 0 Å². The second-order valence-electron chi connectivity index (χ2n) is 2.94. The minimum absolute atomic E-state index is 0.0209. The van der Waals surface area contributed by atoms with Crippen molar-refractivity contribution in [1.29, 1.82) is 0 Å². The molecule has 0 radical (unpaired) electrons. The van der Waals surface area contributed by atoms with Crippen LogP contribution in [-0.2, 0) is 9.63 Å². The van der Waals surface area contributed by atoms with Gasteiger partial charge in [0.05, 0.1) is 24.0 Å². The van der Waals surface area contributed by atoms with Crippen molar-refractivity contribution < 1.29 is 19.3 Å². The summed E-state index contributed by atoms with van der Waals surface area (Å²) in [6, 6.07) is 5.67. The Morgan fingerprint density at radius 1 is 1.53 bits per heavy atom. The summed E-state index contributed by atoms with van der Waals surface area (Å²) in [6.45, 7) is 0.0433. The second kappa shape index (κ2) is 6.40. The summed E-state index contributed by atoms with van der Waals surface area (Å²) < 4.78 is 5.14. The van der Waals surface area contributed by atoms with Crippen LogP contribution in [-0.4, -0.2) is 17.5 Å². The number of nitro benzene ring substituents is 1. The molecule has 0 amide bonds. The number of ether oxygens (including phenoxy) is 1. The number of hydrogen-bond donors (Lipinski definition) is 2. The van der Waals surface area contributed by atoms with E-state index in [0.29, 0.717) is 5.75 Å². The highest BCUT2D eigenvalue weighted by Crippen LogP contribution is 2.19. The van der Waals surface area contributed by atoms with Gasteiger partial charge in [-0.3, -0.25) is 14.9 Å². The predicted molar refractivity (Wildman–Crippen MR) is 56.6 cm³/mol. The van der Waals surface area contributed by atoms with E-state index < -0.39 is 10.9 Å². The quantitative estimate of drug-likeness (QED) is 0.417. The molecule has 1 aromatic rings. The van der Waals surface area contributed by atoms with E-state index in [9.17, 15) is 14.9 Å². The Labute approximate surface area is 96.4 Å². The molecule has 0 spiro atoms. The fourth-order valence-corrected chi connectivity index (χ4v) is 1.06. The molecule has 92 valence electrons. The molecular formula is C9H11N3O5. The van der Waals surface area contributed by atoms with Crippen molar-refractivity contribution in [3.8, 4) is 5.75 Å². The summed E-state index contributed by atoms with van der Waals surface area (Å²) in [4.78, 5) is 25.0. The monoisotopic (exact) mass is 241 g/mol. The number of hydrazine groups is 1. The van der Waals surface area contributed by atoms with Gasteiger partial charge < -0.3 is 9.57 Å². The summed E-state index contributed by atoms with van der Waals surface area (Å²) in [6.07, 6.45) is -0.0209. The number of rotatable bonds is 6. The lowest BCUT2D eigenvalue weighted by Gasteiger charge is -2.05. The molecule has 0 aliphatic rings. The largest absolute Gasteiger partial charge is 0.493 e. The molecule has 8 heteroatoms. The predicted octanol–water partition coefficient (Wildman–Crippen LogP) is 0.285. The van der Waals surface area contributed by atoms with E-state index in [0.717, 1.165) is 0 Å². The first kappa shape index (κ1) is 12.9. The van der Waals surface area contributed by atoms with Crippen LogP contribution in [0.2, 0.25) is 0 Å². The lowest BCUT2D eigenvalue weighted by Crippen LogP contribution is -2.26. The van der Waals surface area contributed by atoms with E-state index in [1.807, 2.05) is 0 Å². The average Bonchev–Trinajstić information content (AvgIpc) is 2.30. The van der Waals surface area contributed by atoms with Crippen LogP contribution >= 0.6 is 0 Å². The lowest BCUT2D eigenvalue weighted by molar-refractivity contribution is -0.384. The Bertz CT molecular complexity index is 409. The Balaban J connectivity index is 2.44. The molecule has 1 aromatic carbocycles. The van der Waals surface area contributed by atoms with Gasteiger partial charge in [-0.2, -0.15) is 0 Å². The Morgan fingerprint density at radius 3 is 2.94 bits per heavy atom. The van der Waals surface area contributed by atoms with Crippen molar-refractivity contribution in [2.75, 3.05) is 6.61 Å². The second-order valence-corrected chi connectivity index (χ2v) is 2.94. The number of nitro groups is 1. The number of carbonyl (C=O) groups is 1. The SMILES string of the molecule is NNOC(=O)CCOc1cccc([N+](=O)[O-])c1. The molecular weight excluding hydrogens is 230 g/mol. The molecule has 0 unspecified atom stereocenters. The third-order valence-electron chi connectivity index (χ3n) is 1.78. The van der Waals surface area contributed by atoms with Gasteiger partial charge in [0.15, 0.2) is 0 Å². The van der Waals surface area contributed by atoms with Gasteiger partial charge in [0.2, 0.25) is 0 Å². The van der Waals surface area contributed by atoms with Gasteiger partial charge in [-0.1, -0.05) is 11.7 Å².